The summed E-state index contributed by atoms with van der Waals surface area (Å²) in [6, 6.07) is 12.0. The van der Waals surface area contributed by atoms with Crippen molar-refractivity contribution in [1.82, 2.24) is 4.90 Å². The van der Waals surface area contributed by atoms with Crippen LogP contribution in [0.25, 0.3) is 0 Å². The summed E-state index contributed by atoms with van der Waals surface area (Å²) in [6.45, 7) is 0.651. The summed E-state index contributed by atoms with van der Waals surface area (Å²) in [4.78, 5) is 15.3. The SMILES string of the molecule is COc1ccc(CN2C(=O)CS[C@@H]2c2cccs2)cc1. The van der Waals surface area contributed by atoms with Crippen LogP contribution < -0.4 is 4.74 Å². The molecule has 1 aromatic heterocycles. The maximum Gasteiger partial charge on any atom is 0.234 e. The molecule has 1 aliphatic rings. The number of carbonyl (C=O) groups is 1. The predicted molar refractivity (Wildman–Crippen MR) is 83.1 cm³/mol. The maximum atomic E-state index is 12.1. The van der Waals surface area contributed by atoms with Crippen molar-refractivity contribution in [2.24, 2.45) is 0 Å². The van der Waals surface area contributed by atoms with Crippen LogP contribution in [0.4, 0.5) is 0 Å². The summed E-state index contributed by atoms with van der Waals surface area (Å²) in [6.07, 6.45) is 0. The van der Waals surface area contributed by atoms with Gasteiger partial charge in [-0.3, -0.25) is 4.79 Å². The Morgan fingerprint density at radius 3 is 2.75 bits per heavy atom. The quantitative estimate of drug-likeness (QED) is 0.865. The zero-order valence-corrected chi connectivity index (χ0v) is 12.7. The molecule has 0 unspecified atom stereocenters. The molecule has 2 heterocycles. The van der Waals surface area contributed by atoms with Gasteiger partial charge in [0.1, 0.15) is 11.1 Å². The van der Waals surface area contributed by atoms with Crippen LogP contribution in [-0.2, 0) is 11.3 Å². The average Bonchev–Trinajstić information content (AvgIpc) is 3.11. The zero-order chi connectivity index (χ0) is 13.9. The molecule has 1 aromatic carbocycles. The molecule has 0 aliphatic carbocycles. The van der Waals surface area contributed by atoms with E-state index >= 15 is 0 Å². The lowest BCUT2D eigenvalue weighted by molar-refractivity contribution is -0.128. The van der Waals surface area contributed by atoms with E-state index in [2.05, 4.69) is 11.4 Å². The second kappa shape index (κ2) is 5.89. The van der Waals surface area contributed by atoms with Crippen molar-refractivity contribution in [3.8, 4) is 5.75 Å². The monoisotopic (exact) mass is 305 g/mol. The van der Waals surface area contributed by atoms with Crippen LogP contribution in [0.1, 0.15) is 15.8 Å². The van der Waals surface area contributed by atoms with Crippen LogP contribution in [0.5, 0.6) is 5.75 Å². The maximum absolute atomic E-state index is 12.1. The number of ether oxygens (including phenoxy) is 1. The fraction of sp³-hybridized carbons (Fsp3) is 0.267. The summed E-state index contributed by atoms with van der Waals surface area (Å²) >= 11 is 3.41. The van der Waals surface area contributed by atoms with E-state index in [4.69, 9.17) is 4.74 Å². The smallest absolute Gasteiger partial charge is 0.234 e. The highest BCUT2D eigenvalue weighted by atomic mass is 32.2. The Bertz CT molecular complexity index is 580. The summed E-state index contributed by atoms with van der Waals surface area (Å²) in [5.74, 6) is 1.62. The first kappa shape index (κ1) is 13.5. The molecular formula is C15H15NO2S2. The first-order valence-corrected chi connectivity index (χ1v) is 8.28. The Balaban J connectivity index is 1.78. The molecular weight excluding hydrogens is 290 g/mol. The number of hydrogen-bond acceptors (Lipinski definition) is 4. The Hall–Kier alpha value is -1.46. The zero-order valence-electron chi connectivity index (χ0n) is 11.1. The number of thioether (sulfide) groups is 1. The van der Waals surface area contributed by atoms with Gasteiger partial charge in [0, 0.05) is 11.4 Å². The average molecular weight is 305 g/mol. The van der Waals surface area contributed by atoms with Crippen molar-refractivity contribution in [2.45, 2.75) is 11.9 Å². The van der Waals surface area contributed by atoms with Crippen molar-refractivity contribution >= 4 is 29.0 Å². The Morgan fingerprint density at radius 1 is 1.30 bits per heavy atom. The second-order valence-electron chi connectivity index (χ2n) is 4.55. The van der Waals surface area contributed by atoms with E-state index in [1.54, 1.807) is 30.2 Å². The van der Waals surface area contributed by atoms with Gasteiger partial charge >= 0.3 is 0 Å². The molecule has 3 rings (SSSR count). The van der Waals surface area contributed by atoms with Gasteiger partial charge in [-0.2, -0.15) is 0 Å². The molecule has 1 atom stereocenters. The minimum absolute atomic E-state index is 0.157. The highest BCUT2D eigenvalue weighted by Crippen LogP contribution is 2.41. The van der Waals surface area contributed by atoms with Gasteiger partial charge in [-0.15, -0.1) is 23.1 Å². The molecule has 5 heteroatoms. The van der Waals surface area contributed by atoms with Crippen LogP contribution >= 0.6 is 23.1 Å². The van der Waals surface area contributed by atoms with Gasteiger partial charge in [0.25, 0.3) is 0 Å². The van der Waals surface area contributed by atoms with Gasteiger partial charge in [-0.1, -0.05) is 18.2 Å². The molecule has 104 valence electrons. The normalized spacial score (nSPS) is 18.6. The van der Waals surface area contributed by atoms with Gasteiger partial charge in [-0.25, -0.2) is 0 Å². The number of carbonyl (C=O) groups excluding carboxylic acids is 1. The lowest BCUT2D eigenvalue weighted by Gasteiger charge is -2.23. The summed E-state index contributed by atoms with van der Waals surface area (Å²) < 4.78 is 5.16. The highest BCUT2D eigenvalue weighted by molar-refractivity contribution is 8.00. The Kier molecular flexibility index (Phi) is 3.98. The van der Waals surface area contributed by atoms with Crippen LogP contribution in [-0.4, -0.2) is 23.7 Å². The van der Waals surface area contributed by atoms with Gasteiger partial charge < -0.3 is 9.64 Å². The third-order valence-electron chi connectivity index (χ3n) is 3.27. The molecule has 1 saturated heterocycles. The van der Waals surface area contributed by atoms with E-state index in [1.807, 2.05) is 35.2 Å². The number of nitrogens with zero attached hydrogens (tertiary/aromatic N) is 1. The summed E-state index contributed by atoms with van der Waals surface area (Å²) in [5.41, 5.74) is 1.13. The van der Waals surface area contributed by atoms with Crippen LogP contribution in [0.3, 0.4) is 0 Å². The molecule has 1 amide bonds. The first-order chi connectivity index (χ1) is 9.78. The number of rotatable bonds is 4. The first-order valence-electron chi connectivity index (χ1n) is 6.35. The van der Waals surface area contributed by atoms with Crippen LogP contribution in [0.2, 0.25) is 0 Å². The highest BCUT2D eigenvalue weighted by Gasteiger charge is 2.33. The molecule has 0 bridgehead atoms. The second-order valence-corrected chi connectivity index (χ2v) is 6.60. The third kappa shape index (κ3) is 2.69. The molecule has 1 fully saturated rings. The van der Waals surface area contributed by atoms with Gasteiger partial charge in [0.2, 0.25) is 5.91 Å². The molecule has 2 aromatic rings. The van der Waals surface area contributed by atoms with E-state index in [-0.39, 0.29) is 11.3 Å². The lowest BCUT2D eigenvalue weighted by atomic mass is 10.2. The van der Waals surface area contributed by atoms with E-state index in [1.165, 1.54) is 4.88 Å². The number of thiophene rings is 1. The topological polar surface area (TPSA) is 29.5 Å². The van der Waals surface area contributed by atoms with Gasteiger partial charge in [0.15, 0.2) is 0 Å². The summed E-state index contributed by atoms with van der Waals surface area (Å²) in [5, 5.41) is 2.22. The van der Waals surface area contributed by atoms with Crippen LogP contribution in [0, 0.1) is 0 Å². The van der Waals surface area contributed by atoms with Crippen molar-refractivity contribution in [2.75, 3.05) is 12.9 Å². The standard InChI is InChI=1S/C15H15NO2S2/c1-18-12-6-4-11(5-7-12)9-16-14(17)10-20-15(16)13-3-2-8-19-13/h2-8,15H,9-10H2,1H3/t15-/m1/s1. The summed E-state index contributed by atoms with van der Waals surface area (Å²) in [7, 11) is 1.66. The number of methoxy groups -OCH3 is 1. The molecule has 0 saturated carbocycles. The fourth-order valence-corrected chi connectivity index (χ4v) is 4.39. The lowest BCUT2D eigenvalue weighted by Crippen LogP contribution is -2.27. The number of amides is 1. The van der Waals surface area contributed by atoms with E-state index in [9.17, 15) is 4.79 Å². The predicted octanol–water partition coefficient (Wildman–Crippen LogP) is 3.53. The van der Waals surface area contributed by atoms with E-state index in [0.717, 1.165) is 11.3 Å². The number of hydrogen-bond donors (Lipinski definition) is 0. The minimum Gasteiger partial charge on any atom is -0.497 e. The number of benzene rings is 1. The molecule has 1 aliphatic heterocycles. The molecule has 0 radical (unpaired) electrons. The third-order valence-corrected chi connectivity index (χ3v) is 5.58. The molecule has 0 spiro atoms. The Morgan fingerprint density at radius 2 is 2.10 bits per heavy atom. The van der Waals surface area contributed by atoms with Crippen molar-refractivity contribution in [1.29, 1.82) is 0 Å². The van der Waals surface area contributed by atoms with Crippen LogP contribution in [0.15, 0.2) is 41.8 Å². The van der Waals surface area contributed by atoms with Gasteiger partial charge in [0.05, 0.1) is 12.9 Å². The van der Waals surface area contributed by atoms with Crippen molar-refractivity contribution in [3.63, 3.8) is 0 Å². The molecule has 20 heavy (non-hydrogen) atoms. The van der Waals surface area contributed by atoms with Crippen molar-refractivity contribution < 1.29 is 9.53 Å². The van der Waals surface area contributed by atoms with Crippen molar-refractivity contribution in [3.05, 3.63) is 52.2 Å². The van der Waals surface area contributed by atoms with E-state index < -0.39 is 0 Å². The molecule has 0 N–H and O–H groups in total. The Labute approximate surface area is 126 Å². The van der Waals surface area contributed by atoms with Gasteiger partial charge in [-0.05, 0) is 29.1 Å². The molecule has 3 nitrogen and oxygen atoms in total. The minimum atomic E-state index is 0.157. The fourth-order valence-electron chi connectivity index (χ4n) is 2.22. The largest absolute Gasteiger partial charge is 0.497 e. The van der Waals surface area contributed by atoms with E-state index in [0.29, 0.717) is 12.3 Å².